The fourth-order valence-corrected chi connectivity index (χ4v) is 0.546. The molecule has 9 N–H and O–H groups in total. The van der Waals surface area contributed by atoms with Gasteiger partial charge in [0.05, 0.1) is 0 Å². The highest BCUT2D eigenvalue weighted by atomic mass is 31.0. The lowest BCUT2D eigenvalue weighted by Gasteiger charge is -2.16. The number of aliphatic hydroxyl groups is 6. The van der Waals surface area contributed by atoms with Crippen molar-refractivity contribution in [2.45, 2.75) is 37.4 Å². The van der Waals surface area contributed by atoms with E-state index < -0.39 is 71.0 Å². The molecule has 18 heteroatoms. The van der Waals surface area contributed by atoms with E-state index in [4.69, 9.17) is 33.3 Å². The molecule has 0 aromatic carbocycles. The first kappa shape index (κ1) is 33.7. The fraction of sp³-hybridized carbons (Fsp3) is 1.00. The van der Waals surface area contributed by atoms with Gasteiger partial charge in [0.15, 0.2) is 0 Å². The smallest absolute Gasteiger partial charge is 0.289 e. The molecule has 0 heterocycles. The summed E-state index contributed by atoms with van der Waals surface area (Å²) < 4.78 is 14.9. The summed E-state index contributed by atoms with van der Waals surface area (Å²) in [5, 5.41) is 80.1. The number of hydrogen-bond donors (Lipinski definition) is 7. The van der Waals surface area contributed by atoms with Gasteiger partial charge in [0.2, 0.25) is 5.54 Å². The Bertz CT molecular complexity index is 540. The molecule has 0 aliphatic rings. The number of hydrogen-bond acceptors (Lipinski definition) is 14. The van der Waals surface area contributed by atoms with Crippen LogP contribution in [-0.2, 0) is 0 Å². The summed E-state index contributed by atoms with van der Waals surface area (Å²) >= 11 is 0. The summed E-state index contributed by atoms with van der Waals surface area (Å²) in [7, 11) is 1.98. The van der Waals surface area contributed by atoms with E-state index >= 15 is 0 Å². The molecule has 17 nitrogen and oxygen atoms in total. The van der Waals surface area contributed by atoms with Gasteiger partial charge in [-0.2, -0.15) is 0 Å². The van der Waals surface area contributed by atoms with Crippen LogP contribution in [0.25, 0.3) is 0 Å². The van der Waals surface area contributed by atoms with Crippen molar-refractivity contribution in [3.05, 3.63) is 30.3 Å². The minimum Gasteiger partial charge on any atom is -0.389 e. The molecule has 0 aromatic rings. The monoisotopic (exact) mass is 486 g/mol. The van der Waals surface area contributed by atoms with Gasteiger partial charge in [-0.15, -0.1) is 0 Å². The predicted octanol–water partition coefficient (Wildman–Crippen LogP) is -1.88. The standard InChI is InChI=1S/C4H9NO5.C4H9NO4.C4H9NO3.CH4NP.H3N/c6-1-4(2-7,3-8)5(9)10;1-4(2-6,3-7)5(8)9;1-4(2,3-6)5(7)8;1-2-3;/h6-8H,1-3H2;6-7H,2-3H2,1H3;6H,3H2,1-2H3;3H,1H3;1H3/i;;;3D;/hT. The lowest BCUT2D eigenvalue weighted by molar-refractivity contribution is -0.580. The predicted molar refractivity (Wildman–Crippen MR) is 110 cm³/mol. The highest BCUT2D eigenvalue weighted by Gasteiger charge is 2.41. The molecule has 188 valence electrons. The van der Waals surface area contributed by atoms with Crippen molar-refractivity contribution in [2.24, 2.45) is 4.74 Å². The molecule has 0 aliphatic heterocycles. The zero-order chi connectivity index (χ0) is 27.9. The van der Waals surface area contributed by atoms with Crippen LogP contribution in [-0.4, -0.2) is 110 Å². The summed E-state index contributed by atoms with van der Waals surface area (Å²) in [6.45, 7) is -0.396. The van der Waals surface area contributed by atoms with Crippen molar-refractivity contribution in [1.82, 2.24) is 6.14 Å². The van der Waals surface area contributed by atoms with Crippen LogP contribution in [0, 0.1) is 30.3 Å². The Kier molecular flexibility index (Phi) is 21.7. The number of aliphatic hydroxyl groups excluding tert-OH is 6. The summed E-state index contributed by atoms with van der Waals surface area (Å²) in [5.74, 6) is 0. The van der Waals surface area contributed by atoms with Crippen molar-refractivity contribution in [3.63, 3.8) is 0 Å². The Labute approximate surface area is 183 Å². The second-order valence-corrected chi connectivity index (χ2v) is 6.85. The molecule has 0 unspecified atom stereocenters. The Morgan fingerprint density at radius 1 is 0.839 bits per heavy atom. The largest absolute Gasteiger partial charge is 0.389 e. The zero-order valence-electron chi connectivity index (χ0n) is 19.7. The zero-order valence-corrected chi connectivity index (χ0v) is 18.6. The molecule has 0 atom stereocenters. The molecule has 0 aromatic heterocycles. The van der Waals surface area contributed by atoms with Gasteiger partial charge < -0.3 is 36.8 Å². The van der Waals surface area contributed by atoms with Gasteiger partial charge in [-0.05, 0) is 8.98 Å². The van der Waals surface area contributed by atoms with Crippen LogP contribution >= 0.6 is 8.98 Å². The van der Waals surface area contributed by atoms with E-state index in [-0.39, 0.29) is 0 Å². The van der Waals surface area contributed by atoms with Gasteiger partial charge in [-0.1, -0.05) is 0 Å². The van der Waals surface area contributed by atoms with Crippen LogP contribution in [0.3, 0.4) is 0 Å². The second kappa shape index (κ2) is 20.0. The Balaban J connectivity index is -0.000000106. The second-order valence-electron chi connectivity index (χ2n) is 6.45. The molecule has 0 saturated heterocycles. The molecule has 0 spiro atoms. The average Bonchev–Trinajstić information content (AvgIpc) is 2.81. The van der Waals surface area contributed by atoms with Gasteiger partial charge in [0, 0.05) is 42.6 Å². The third-order valence-electron chi connectivity index (χ3n) is 3.27. The van der Waals surface area contributed by atoms with Crippen LogP contribution in [0.4, 0.5) is 0 Å². The topological polar surface area (TPSA) is 298 Å². The Morgan fingerprint density at radius 2 is 1.16 bits per heavy atom. The van der Waals surface area contributed by atoms with Crippen molar-refractivity contribution < 1.29 is 46.8 Å². The maximum atomic E-state index is 10.0. The van der Waals surface area contributed by atoms with Crippen molar-refractivity contribution >= 4 is 8.98 Å². The Hall–Kier alpha value is -1.98. The maximum absolute atomic E-state index is 10.0. The fourth-order valence-electron chi connectivity index (χ4n) is 0.546. The quantitative estimate of drug-likeness (QED) is 0.107. The molecule has 0 bridgehead atoms. The van der Waals surface area contributed by atoms with Crippen molar-refractivity contribution in [1.29, 1.82) is 1.28 Å². The van der Waals surface area contributed by atoms with Gasteiger partial charge in [-0.25, -0.2) is 0 Å². The van der Waals surface area contributed by atoms with Gasteiger partial charge in [0.1, 0.15) is 42.3 Å². The molecule has 0 aliphatic carbocycles. The number of rotatable bonds is 9. The van der Waals surface area contributed by atoms with Crippen molar-refractivity contribution in [3.8, 4) is 0 Å². The van der Waals surface area contributed by atoms with E-state index in [0.717, 1.165) is 0 Å². The van der Waals surface area contributed by atoms with E-state index in [1.54, 1.807) is 7.05 Å². The lowest BCUT2D eigenvalue weighted by Crippen LogP contribution is -2.49. The van der Waals surface area contributed by atoms with Gasteiger partial charge >= 0.3 is 0 Å². The minimum atomic E-state index is -1.99. The van der Waals surface area contributed by atoms with E-state index in [0.29, 0.717) is 8.98 Å². The molecule has 0 radical (unpaired) electrons. The number of nitro groups is 3. The Morgan fingerprint density at radius 3 is 1.16 bits per heavy atom. The first-order valence-electron chi connectivity index (χ1n) is 8.96. The molecular weight excluding hydrogens is 449 g/mol. The number of nitrogens with zero attached hydrogens (tertiary/aromatic N) is 4. The summed E-state index contributed by atoms with van der Waals surface area (Å²) in [6, 6.07) is 0. The van der Waals surface area contributed by atoms with E-state index in [1.807, 2.05) is 0 Å². The highest BCUT2D eigenvalue weighted by Crippen LogP contribution is 2.06. The highest BCUT2D eigenvalue weighted by molar-refractivity contribution is 7.03. The molecule has 0 amide bonds. The molecule has 0 fully saturated rings. The van der Waals surface area contributed by atoms with Gasteiger partial charge in [-0.3, -0.25) is 35.1 Å². The van der Waals surface area contributed by atoms with E-state index in [1.165, 1.54) is 20.8 Å². The van der Waals surface area contributed by atoms with Crippen LogP contribution in [0.1, 0.15) is 20.8 Å². The van der Waals surface area contributed by atoms with Crippen molar-refractivity contribution in [2.75, 3.05) is 46.7 Å². The van der Waals surface area contributed by atoms with Gasteiger partial charge in [0.25, 0.3) is 11.1 Å². The summed E-state index contributed by atoms with van der Waals surface area (Å²) in [5.41, 5.74) is -4.75. The third-order valence-corrected chi connectivity index (χ3v) is 3.27. The molecule has 0 saturated carbocycles. The van der Waals surface area contributed by atoms with Crippen LogP contribution in [0.5, 0.6) is 0 Å². The SMILES string of the molecule is CC(C)(CO)[N+](=O)[O-].CC(CO)(CO)[N+](=O)[O-].O=[N+]([O-])C(CO)(CO)CO.[2H]P=NC.[3H]N. The first-order valence-corrected chi connectivity index (χ1v) is 8.33. The normalized spacial score (nSPS) is 11.5. The van der Waals surface area contributed by atoms with E-state index in [9.17, 15) is 30.3 Å². The van der Waals surface area contributed by atoms with Crippen LogP contribution < -0.4 is 6.14 Å². The molecule has 31 heavy (non-hydrogen) atoms. The average molecular weight is 486 g/mol. The minimum absolute atomic E-state index is 0.373. The molecule has 0 rings (SSSR count). The van der Waals surface area contributed by atoms with E-state index in [2.05, 4.69) is 10.9 Å². The lowest BCUT2D eigenvalue weighted by atomic mass is 10.1. The first-order chi connectivity index (χ1) is 15.1. The summed E-state index contributed by atoms with van der Waals surface area (Å²) in [6.07, 6.45) is 3.75. The van der Waals surface area contributed by atoms with Crippen LogP contribution in [0.2, 0.25) is 1.41 Å². The third kappa shape index (κ3) is 16.4. The van der Waals surface area contributed by atoms with Crippen LogP contribution in [0.15, 0.2) is 4.74 Å². The maximum Gasteiger partial charge on any atom is 0.289 e. The summed E-state index contributed by atoms with van der Waals surface area (Å²) in [4.78, 5) is 27.8. The molecular formula is C13H34N5O12P.